The van der Waals surface area contributed by atoms with Gasteiger partial charge in [0, 0.05) is 29.3 Å². The van der Waals surface area contributed by atoms with Gasteiger partial charge in [-0.15, -0.1) is 11.3 Å². The molecular weight excluding hydrogens is 374 g/mol. The highest BCUT2D eigenvalue weighted by molar-refractivity contribution is 7.17. The summed E-state index contributed by atoms with van der Waals surface area (Å²) in [5.74, 6) is -0.938. The van der Waals surface area contributed by atoms with Crippen molar-refractivity contribution in [1.82, 2.24) is 4.57 Å². The first kappa shape index (κ1) is 18.4. The summed E-state index contributed by atoms with van der Waals surface area (Å²) in [6.45, 7) is 0. The lowest BCUT2D eigenvalue weighted by Gasteiger charge is -2.11. The molecule has 1 aromatic carbocycles. The number of primary amides is 1. The van der Waals surface area contributed by atoms with Crippen LogP contribution in [0.15, 0.2) is 36.5 Å². The molecule has 0 saturated carbocycles. The van der Waals surface area contributed by atoms with E-state index in [9.17, 15) is 14.4 Å². The van der Waals surface area contributed by atoms with E-state index in [0.29, 0.717) is 10.6 Å². The van der Waals surface area contributed by atoms with Gasteiger partial charge >= 0.3 is 0 Å². The molecule has 144 valence electrons. The van der Waals surface area contributed by atoms with E-state index in [1.807, 2.05) is 30.3 Å². The summed E-state index contributed by atoms with van der Waals surface area (Å²) in [4.78, 5) is 38.0. The molecule has 0 atom stereocenters. The number of carbonyl (C=O) groups excluding carboxylic acids is 3. The second-order valence-electron chi connectivity index (χ2n) is 6.97. The van der Waals surface area contributed by atoms with Crippen molar-refractivity contribution in [2.75, 3.05) is 5.32 Å². The highest BCUT2D eigenvalue weighted by atomic mass is 32.1. The summed E-state index contributed by atoms with van der Waals surface area (Å²) in [6.07, 6.45) is 5.70. The lowest BCUT2D eigenvalue weighted by atomic mass is 9.95. The predicted octanol–water partition coefficient (Wildman–Crippen LogP) is 3.74. The lowest BCUT2D eigenvalue weighted by Crippen LogP contribution is -2.19. The number of benzene rings is 1. The highest BCUT2D eigenvalue weighted by Crippen LogP contribution is 2.37. The topological polar surface area (TPSA) is 94.2 Å². The fraction of sp³-hybridized carbons (Fsp3) is 0.286. The molecule has 1 aliphatic carbocycles. The largest absolute Gasteiger partial charge is 0.365 e. The molecule has 28 heavy (non-hydrogen) atoms. The van der Waals surface area contributed by atoms with E-state index in [-0.39, 0.29) is 24.7 Å². The highest BCUT2D eigenvalue weighted by Gasteiger charge is 2.25. The minimum atomic E-state index is -0.510. The maximum Gasteiger partial charge on any atom is 0.251 e. The number of nitrogens with zero attached hydrogens (tertiary/aromatic N) is 1. The molecule has 2 amide bonds. The minimum Gasteiger partial charge on any atom is -0.365 e. The van der Waals surface area contributed by atoms with E-state index in [1.54, 1.807) is 10.8 Å². The van der Waals surface area contributed by atoms with E-state index < -0.39 is 5.91 Å². The van der Waals surface area contributed by atoms with Crippen LogP contribution in [-0.2, 0) is 17.6 Å². The summed E-state index contributed by atoms with van der Waals surface area (Å²) < 4.78 is 1.57. The number of fused-ring (bicyclic) bond motifs is 2. The van der Waals surface area contributed by atoms with Crippen LogP contribution in [0.3, 0.4) is 0 Å². The fourth-order valence-corrected chi connectivity index (χ4v) is 5.06. The van der Waals surface area contributed by atoms with E-state index in [4.69, 9.17) is 5.73 Å². The Morgan fingerprint density at radius 1 is 1.07 bits per heavy atom. The maximum atomic E-state index is 12.5. The minimum absolute atomic E-state index is 0.0477. The molecule has 7 heteroatoms. The Kier molecular flexibility index (Phi) is 5.00. The number of thiophene rings is 1. The summed E-state index contributed by atoms with van der Waals surface area (Å²) in [5.41, 5.74) is 7.81. The molecule has 3 aromatic rings. The molecule has 6 nitrogen and oxygen atoms in total. The Morgan fingerprint density at radius 3 is 2.68 bits per heavy atom. The second-order valence-corrected chi connectivity index (χ2v) is 8.07. The molecule has 0 radical (unpaired) electrons. The van der Waals surface area contributed by atoms with Gasteiger partial charge in [-0.25, -0.2) is 0 Å². The van der Waals surface area contributed by atoms with Crippen LogP contribution in [0.25, 0.3) is 10.9 Å². The van der Waals surface area contributed by atoms with E-state index in [2.05, 4.69) is 5.32 Å². The molecule has 0 fully saturated rings. The molecule has 0 bridgehead atoms. The van der Waals surface area contributed by atoms with E-state index in [0.717, 1.165) is 47.0 Å². The third kappa shape index (κ3) is 3.45. The van der Waals surface area contributed by atoms with Gasteiger partial charge in [0.15, 0.2) is 0 Å². The first-order valence-corrected chi connectivity index (χ1v) is 10.2. The van der Waals surface area contributed by atoms with E-state index in [1.165, 1.54) is 11.3 Å². The number of para-hydroxylation sites is 1. The molecule has 0 saturated heterocycles. The standard InChI is InChI=1S/C21H21N3O3S/c22-20(27)19-14-6-2-4-8-16(14)28-21(19)23-17(25)9-10-18(26)24-12-11-13-5-1-3-7-15(13)24/h1,3,5,7,11-12H,2,4,6,8-10H2,(H2,22,27)(H,23,25). The van der Waals surface area contributed by atoms with Gasteiger partial charge < -0.3 is 11.1 Å². The molecule has 0 aliphatic heterocycles. The number of anilines is 1. The number of hydrogen-bond donors (Lipinski definition) is 2. The Balaban J connectivity index is 1.44. The summed E-state index contributed by atoms with van der Waals surface area (Å²) in [7, 11) is 0. The summed E-state index contributed by atoms with van der Waals surface area (Å²) >= 11 is 1.43. The first-order chi connectivity index (χ1) is 13.5. The molecular formula is C21H21N3O3S. The number of carbonyl (C=O) groups is 3. The van der Waals surface area contributed by atoms with Gasteiger partial charge in [0.1, 0.15) is 5.00 Å². The van der Waals surface area contributed by atoms with Crippen LogP contribution in [0.2, 0.25) is 0 Å². The Bertz CT molecular complexity index is 1080. The van der Waals surface area contributed by atoms with Gasteiger partial charge in [0.05, 0.1) is 11.1 Å². The maximum absolute atomic E-state index is 12.5. The van der Waals surface area contributed by atoms with Crippen LogP contribution in [0, 0.1) is 0 Å². The van der Waals surface area contributed by atoms with Crippen LogP contribution in [0.4, 0.5) is 5.00 Å². The van der Waals surface area contributed by atoms with Crippen molar-refractivity contribution in [3.05, 3.63) is 52.5 Å². The van der Waals surface area contributed by atoms with Crippen molar-refractivity contribution in [2.24, 2.45) is 5.73 Å². The molecule has 0 spiro atoms. The van der Waals surface area contributed by atoms with Gasteiger partial charge in [0.2, 0.25) is 11.8 Å². The Morgan fingerprint density at radius 2 is 1.86 bits per heavy atom. The molecule has 2 heterocycles. The number of nitrogens with one attached hydrogen (secondary N) is 1. The fourth-order valence-electron chi connectivity index (χ4n) is 3.75. The monoisotopic (exact) mass is 395 g/mol. The predicted molar refractivity (Wildman–Crippen MR) is 110 cm³/mol. The Labute approximate surface area is 166 Å². The third-order valence-electron chi connectivity index (χ3n) is 5.10. The zero-order valence-corrected chi connectivity index (χ0v) is 16.2. The third-order valence-corrected chi connectivity index (χ3v) is 6.31. The molecule has 2 aromatic heterocycles. The van der Waals surface area contributed by atoms with Crippen LogP contribution in [-0.4, -0.2) is 22.3 Å². The number of nitrogens with two attached hydrogens (primary N) is 1. The average molecular weight is 395 g/mol. The normalized spacial score (nSPS) is 13.3. The summed E-state index contributed by atoms with van der Waals surface area (Å²) in [5, 5.41) is 4.30. The van der Waals surface area contributed by atoms with Crippen LogP contribution < -0.4 is 11.1 Å². The quantitative estimate of drug-likeness (QED) is 0.689. The average Bonchev–Trinajstić information content (AvgIpc) is 3.27. The lowest BCUT2D eigenvalue weighted by molar-refractivity contribution is -0.116. The summed E-state index contributed by atoms with van der Waals surface area (Å²) in [6, 6.07) is 9.49. The van der Waals surface area contributed by atoms with Crippen LogP contribution in [0.5, 0.6) is 0 Å². The number of aromatic nitrogens is 1. The molecule has 0 unspecified atom stereocenters. The van der Waals surface area contributed by atoms with Crippen molar-refractivity contribution < 1.29 is 14.4 Å². The Hall–Kier alpha value is -2.93. The van der Waals surface area contributed by atoms with E-state index >= 15 is 0 Å². The number of rotatable bonds is 5. The van der Waals surface area contributed by atoms with Crippen molar-refractivity contribution in [3.63, 3.8) is 0 Å². The van der Waals surface area contributed by atoms with Gasteiger partial charge in [-0.2, -0.15) is 0 Å². The second kappa shape index (κ2) is 7.59. The van der Waals surface area contributed by atoms with Gasteiger partial charge in [0.25, 0.3) is 5.91 Å². The van der Waals surface area contributed by atoms with Crippen molar-refractivity contribution in [1.29, 1.82) is 0 Å². The van der Waals surface area contributed by atoms with Crippen molar-refractivity contribution >= 4 is 45.0 Å². The van der Waals surface area contributed by atoms with Crippen LogP contribution >= 0.6 is 11.3 Å². The molecule has 3 N–H and O–H groups in total. The zero-order chi connectivity index (χ0) is 19.7. The van der Waals surface area contributed by atoms with Gasteiger partial charge in [-0.1, -0.05) is 18.2 Å². The van der Waals surface area contributed by atoms with Crippen molar-refractivity contribution in [3.8, 4) is 0 Å². The van der Waals surface area contributed by atoms with Crippen molar-refractivity contribution in [2.45, 2.75) is 38.5 Å². The first-order valence-electron chi connectivity index (χ1n) is 9.38. The molecule has 1 aliphatic rings. The van der Waals surface area contributed by atoms with Crippen LogP contribution in [0.1, 0.15) is 51.3 Å². The zero-order valence-electron chi connectivity index (χ0n) is 15.4. The number of hydrogen-bond acceptors (Lipinski definition) is 4. The number of amides is 2. The SMILES string of the molecule is NC(=O)c1c(NC(=O)CCC(=O)n2ccc3ccccc32)sc2c1CCCC2. The van der Waals surface area contributed by atoms with Gasteiger partial charge in [-0.3, -0.25) is 19.0 Å². The number of aryl methyl sites for hydroxylation is 1. The molecule has 4 rings (SSSR count). The van der Waals surface area contributed by atoms with Gasteiger partial charge in [-0.05, 0) is 43.4 Å². The smallest absolute Gasteiger partial charge is 0.251 e.